The van der Waals surface area contributed by atoms with E-state index in [9.17, 15) is 13.2 Å². The average Bonchev–Trinajstić information content (AvgIpc) is 3.20. The molecule has 1 amide bonds. The molecule has 4 rings (SSSR count). The van der Waals surface area contributed by atoms with Crippen LogP contribution in [0.1, 0.15) is 47.6 Å². The number of morpholine rings is 1. The maximum atomic E-state index is 13.4. The molecule has 0 unspecified atom stereocenters. The number of carbonyl (C=O) groups is 1. The molecule has 1 aromatic carbocycles. The van der Waals surface area contributed by atoms with Crippen LogP contribution in [0.25, 0.3) is 0 Å². The molecule has 2 aliphatic rings. The number of benzene rings is 1. The van der Waals surface area contributed by atoms with Crippen LogP contribution in [0.2, 0.25) is 0 Å². The normalized spacial score (nSPS) is 21.7. The average molecular weight is 476 g/mol. The summed E-state index contributed by atoms with van der Waals surface area (Å²) in [6, 6.07) is 6.27. The highest BCUT2D eigenvalue weighted by Gasteiger charge is 2.33. The number of ether oxygens (including phenoxy) is 1. The third-order valence-electron chi connectivity index (χ3n) is 5.73. The van der Waals surface area contributed by atoms with Crippen molar-refractivity contribution in [1.82, 2.24) is 9.29 Å². The van der Waals surface area contributed by atoms with Crippen LogP contribution in [0.5, 0.6) is 0 Å². The lowest BCUT2D eigenvalue weighted by molar-refractivity contribution is -0.0440. The third kappa shape index (κ3) is 4.66. The summed E-state index contributed by atoms with van der Waals surface area (Å²) in [6.07, 6.45) is 5.48. The van der Waals surface area contributed by atoms with Crippen molar-refractivity contribution in [2.45, 2.75) is 56.6 Å². The Kier molecular flexibility index (Phi) is 6.80. The largest absolute Gasteiger partial charge is 0.373 e. The van der Waals surface area contributed by atoms with E-state index in [2.05, 4.69) is 6.58 Å². The summed E-state index contributed by atoms with van der Waals surface area (Å²) >= 11 is 1.55. The number of aryl methyl sites for hydroxylation is 2. The molecule has 2 aromatic rings. The van der Waals surface area contributed by atoms with Crippen molar-refractivity contribution in [3.63, 3.8) is 0 Å². The van der Waals surface area contributed by atoms with Crippen molar-refractivity contribution in [3.8, 4) is 0 Å². The quantitative estimate of drug-likeness (QED) is 0.596. The SMILES string of the molecule is C=CCN(C(=O)c1cccc(S(=O)(=O)N2C[C@@H](C)O[C@@H](C)C2)c1)c1nc2c(s1)CCCC2. The fourth-order valence-electron chi connectivity index (χ4n) is 4.25. The van der Waals surface area contributed by atoms with Crippen LogP contribution >= 0.6 is 11.3 Å². The number of sulfonamides is 1. The van der Waals surface area contributed by atoms with Crippen LogP contribution in [0.4, 0.5) is 5.13 Å². The molecule has 2 heterocycles. The minimum absolute atomic E-state index is 0.113. The van der Waals surface area contributed by atoms with Gasteiger partial charge in [0.15, 0.2) is 5.13 Å². The predicted octanol–water partition coefficient (Wildman–Crippen LogP) is 3.65. The van der Waals surface area contributed by atoms with E-state index in [4.69, 9.17) is 9.72 Å². The highest BCUT2D eigenvalue weighted by molar-refractivity contribution is 7.89. The first-order valence-electron chi connectivity index (χ1n) is 11.0. The molecule has 32 heavy (non-hydrogen) atoms. The van der Waals surface area contributed by atoms with Crippen LogP contribution in [-0.4, -0.2) is 55.5 Å². The van der Waals surface area contributed by atoms with Gasteiger partial charge in [0, 0.05) is 30.1 Å². The number of nitrogens with zero attached hydrogens (tertiary/aromatic N) is 3. The summed E-state index contributed by atoms with van der Waals surface area (Å²) in [5.74, 6) is -0.281. The second-order valence-electron chi connectivity index (χ2n) is 8.39. The van der Waals surface area contributed by atoms with Gasteiger partial charge >= 0.3 is 0 Å². The summed E-state index contributed by atoms with van der Waals surface area (Å²) < 4.78 is 33.6. The summed E-state index contributed by atoms with van der Waals surface area (Å²) in [5, 5.41) is 0.644. The van der Waals surface area contributed by atoms with Gasteiger partial charge in [0.1, 0.15) is 0 Å². The standard InChI is InChI=1S/C23H29N3O4S2/c1-4-12-26(23-24-20-10-5-6-11-21(20)31-23)22(27)18-8-7-9-19(13-18)32(28,29)25-14-16(2)30-17(3)15-25/h4,7-9,13,16-17H,1,5-6,10-12,14-15H2,2-3H3/t16-,17+. The number of hydrogen-bond acceptors (Lipinski definition) is 6. The van der Waals surface area contributed by atoms with Crippen molar-refractivity contribution < 1.29 is 17.9 Å². The Labute approximate surface area is 193 Å². The first-order chi connectivity index (χ1) is 15.3. The maximum absolute atomic E-state index is 13.4. The van der Waals surface area contributed by atoms with E-state index in [0.717, 1.165) is 31.4 Å². The van der Waals surface area contributed by atoms with Crippen molar-refractivity contribution in [2.24, 2.45) is 0 Å². The number of thiazole rings is 1. The van der Waals surface area contributed by atoms with E-state index in [1.807, 2.05) is 13.8 Å². The lowest BCUT2D eigenvalue weighted by Gasteiger charge is -2.34. The molecule has 0 bridgehead atoms. The zero-order chi connectivity index (χ0) is 22.9. The minimum Gasteiger partial charge on any atom is -0.373 e. The van der Waals surface area contributed by atoms with Gasteiger partial charge in [-0.15, -0.1) is 17.9 Å². The van der Waals surface area contributed by atoms with Crippen LogP contribution in [0, 0.1) is 0 Å². The fraction of sp³-hybridized carbons (Fsp3) is 0.478. The van der Waals surface area contributed by atoms with Crippen LogP contribution in [0.15, 0.2) is 41.8 Å². The molecular weight excluding hydrogens is 446 g/mol. The molecular formula is C23H29N3O4S2. The zero-order valence-electron chi connectivity index (χ0n) is 18.5. The molecule has 2 atom stereocenters. The van der Waals surface area contributed by atoms with E-state index >= 15 is 0 Å². The molecule has 0 spiro atoms. The van der Waals surface area contributed by atoms with Crippen molar-refractivity contribution >= 4 is 32.4 Å². The van der Waals surface area contributed by atoms with Gasteiger partial charge in [-0.1, -0.05) is 12.1 Å². The molecule has 1 saturated heterocycles. The molecule has 1 aromatic heterocycles. The molecule has 0 radical (unpaired) electrons. The molecule has 172 valence electrons. The third-order valence-corrected chi connectivity index (χ3v) is 8.74. The smallest absolute Gasteiger partial charge is 0.260 e. The topological polar surface area (TPSA) is 79.8 Å². The lowest BCUT2D eigenvalue weighted by Crippen LogP contribution is -2.48. The van der Waals surface area contributed by atoms with Gasteiger partial charge in [-0.2, -0.15) is 4.31 Å². The molecule has 0 N–H and O–H groups in total. The van der Waals surface area contributed by atoms with Crippen LogP contribution < -0.4 is 4.90 Å². The zero-order valence-corrected chi connectivity index (χ0v) is 20.1. The minimum atomic E-state index is -3.74. The molecule has 7 nitrogen and oxygen atoms in total. The number of hydrogen-bond donors (Lipinski definition) is 0. The fourth-order valence-corrected chi connectivity index (χ4v) is 7.04. The van der Waals surface area contributed by atoms with Crippen molar-refractivity contribution in [3.05, 3.63) is 53.1 Å². The molecule has 1 aliphatic heterocycles. The molecule has 9 heteroatoms. The van der Waals surface area contributed by atoms with Gasteiger partial charge in [-0.25, -0.2) is 13.4 Å². The number of anilines is 1. The van der Waals surface area contributed by atoms with Crippen molar-refractivity contribution in [2.75, 3.05) is 24.5 Å². The number of rotatable bonds is 6. The lowest BCUT2D eigenvalue weighted by atomic mass is 10.0. The summed E-state index contributed by atoms with van der Waals surface area (Å²) in [5.41, 5.74) is 1.39. The Morgan fingerprint density at radius 2 is 2.00 bits per heavy atom. The summed E-state index contributed by atoms with van der Waals surface area (Å²) in [7, 11) is -3.74. The first-order valence-corrected chi connectivity index (χ1v) is 13.2. The Bertz CT molecular complexity index is 1080. The van der Waals surface area contributed by atoms with E-state index in [0.29, 0.717) is 17.2 Å². The Hall–Kier alpha value is -2.07. The molecule has 1 aliphatic carbocycles. The summed E-state index contributed by atoms with van der Waals surface area (Å²) in [4.78, 5) is 21.1. The summed E-state index contributed by atoms with van der Waals surface area (Å²) in [6.45, 7) is 8.39. The van der Waals surface area contributed by atoms with Gasteiger partial charge in [0.2, 0.25) is 10.0 Å². The highest BCUT2D eigenvalue weighted by atomic mass is 32.2. The van der Waals surface area contributed by atoms with E-state index in [1.165, 1.54) is 21.3 Å². The molecule has 0 saturated carbocycles. The van der Waals surface area contributed by atoms with Gasteiger partial charge in [-0.3, -0.25) is 9.69 Å². The predicted molar refractivity (Wildman–Crippen MR) is 126 cm³/mol. The maximum Gasteiger partial charge on any atom is 0.260 e. The van der Waals surface area contributed by atoms with Gasteiger partial charge < -0.3 is 4.74 Å². The second kappa shape index (κ2) is 9.43. The van der Waals surface area contributed by atoms with Gasteiger partial charge in [0.05, 0.1) is 22.8 Å². The number of amides is 1. The Morgan fingerprint density at radius 1 is 1.28 bits per heavy atom. The number of aromatic nitrogens is 1. The Balaban J connectivity index is 1.63. The van der Waals surface area contributed by atoms with E-state index < -0.39 is 10.0 Å². The molecule has 1 fully saturated rings. The highest BCUT2D eigenvalue weighted by Crippen LogP contribution is 2.33. The van der Waals surface area contributed by atoms with Crippen molar-refractivity contribution in [1.29, 1.82) is 0 Å². The number of fused-ring (bicyclic) bond motifs is 1. The van der Waals surface area contributed by atoms with Gasteiger partial charge in [-0.05, 0) is 57.7 Å². The van der Waals surface area contributed by atoms with Crippen LogP contribution in [-0.2, 0) is 27.6 Å². The number of carbonyl (C=O) groups excluding carboxylic acids is 1. The Morgan fingerprint density at radius 3 is 2.69 bits per heavy atom. The second-order valence-corrected chi connectivity index (χ2v) is 11.4. The van der Waals surface area contributed by atoms with E-state index in [1.54, 1.807) is 34.4 Å². The monoisotopic (exact) mass is 475 g/mol. The first kappa shape index (κ1) is 23.1. The van der Waals surface area contributed by atoms with Crippen LogP contribution in [0.3, 0.4) is 0 Å². The van der Waals surface area contributed by atoms with Gasteiger partial charge in [0.25, 0.3) is 5.91 Å². The van der Waals surface area contributed by atoms with E-state index in [-0.39, 0.29) is 36.1 Å².